The van der Waals surface area contributed by atoms with Gasteiger partial charge in [-0.15, -0.1) is 0 Å². The zero-order valence-electron chi connectivity index (χ0n) is 8.31. The summed E-state index contributed by atoms with van der Waals surface area (Å²) in [6.07, 6.45) is -0.0291. The summed E-state index contributed by atoms with van der Waals surface area (Å²) in [5.41, 5.74) is 0. The van der Waals surface area contributed by atoms with E-state index in [1.807, 2.05) is 44.2 Å². The highest BCUT2D eigenvalue weighted by molar-refractivity contribution is 9.10. The molecular formula is C10H14BrO2P. The van der Waals surface area contributed by atoms with Crippen molar-refractivity contribution >= 4 is 28.6 Å². The van der Waals surface area contributed by atoms with Crippen LogP contribution in [0.2, 0.25) is 0 Å². The Morgan fingerprint density at radius 2 is 1.93 bits per heavy atom. The van der Waals surface area contributed by atoms with E-state index in [0.29, 0.717) is 5.07 Å². The predicted octanol–water partition coefficient (Wildman–Crippen LogP) is 3.37. The smallest absolute Gasteiger partial charge is 0.242 e. The molecule has 1 unspecified atom stereocenters. The van der Waals surface area contributed by atoms with Gasteiger partial charge < -0.3 is 4.52 Å². The van der Waals surface area contributed by atoms with Crippen LogP contribution in [0.5, 0.6) is 0 Å². The largest absolute Gasteiger partial charge is 0.322 e. The summed E-state index contributed by atoms with van der Waals surface area (Å²) in [5, 5.41) is 1.13. The molecule has 78 valence electrons. The molecule has 0 N–H and O–H groups in total. The molecule has 0 heterocycles. The fraction of sp³-hybridized carbons (Fsp3) is 0.400. The first-order valence-electron chi connectivity index (χ1n) is 4.47. The molecule has 0 saturated carbocycles. The van der Waals surface area contributed by atoms with Crippen LogP contribution in [0.15, 0.2) is 30.3 Å². The first-order valence-corrected chi connectivity index (χ1v) is 7.40. The summed E-state index contributed by atoms with van der Waals surface area (Å²) in [4.78, 5) is 0. The second kappa shape index (κ2) is 5.11. The molecule has 14 heavy (non-hydrogen) atoms. The minimum atomic E-state index is -2.69. The second-order valence-corrected chi connectivity index (χ2v) is 7.10. The minimum Gasteiger partial charge on any atom is -0.322 e. The van der Waals surface area contributed by atoms with E-state index in [1.165, 1.54) is 0 Å². The lowest BCUT2D eigenvalue weighted by Gasteiger charge is -2.18. The number of rotatable bonds is 4. The van der Waals surface area contributed by atoms with Crippen molar-refractivity contribution in [3.8, 4) is 0 Å². The Bertz CT molecular complexity index is 324. The molecule has 0 saturated heterocycles. The highest BCUT2D eigenvalue weighted by atomic mass is 79.9. The Balaban J connectivity index is 2.97. The zero-order valence-corrected chi connectivity index (χ0v) is 10.8. The second-order valence-electron chi connectivity index (χ2n) is 3.28. The molecule has 0 spiro atoms. The van der Waals surface area contributed by atoms with Gasteiger partial charge in [0.2, 0.25) is 7.37 Å². The summed E-state index contributed by atoms with van der Waals surface area (Å²) in [6, 6.07) is 9.31. The lowest BCUT2D eigenvalue weighted by atomic mass is 10.4. The maximum absolute atomic E-state index is 12.3. The topological polar surface area (TPSA) is 26.3 Å². The summed E-state index contributed by atoms with van der Waals surface area (Å²) < 4.78 is 17.8. The van der Waals surface area contributed by atoms with Crippen molar-refractivity contribution in [1.29, 1.82) is 0 Å². The van der Waals surface area contributed by atoms with Crippen molar-refractivity contribution < 1.29 is 9.09 Å². The van der Waals surface area contributed by atoms with Crippen LogP contribution in [0.1, 0.15) is 13.8 Å². The van der Waals surface area contributed by atoms with Crippen LogP contribution in [0.25, 0.3) is 0 Å². The van der Waals surface area contributed by atoms with E-state index >= 15 is 0 Å². The van der Waals surface area contributed by atoms with Gasteiger partial charge >= 0.3 is 0 Å². The molecule has 0 fully saturated rings. The van der Waals surface area contributed by atoms with Gasteiger partial charge in [-0.2, -0.15) is 0 Å². The third-order valence-corrected chi connectivity index (χ3v) is 5.83. The van der Waals surface area contributed by atoms with Crippen LogP contribution in [0, 0.1) is 0 Å². The van der Waals surface area contributed by atoms with E-state index in [4.69, 9.17) is 4.52 Å². The number of alkyl halides is 1. The minimum absolute atomic E-state index is 0.0291. The Morgan fingerprint density at radius 1 is 1.36 bits per heavy atom. The van der Waals surface area contributed by atoms with Crippen molar-refractivity contribution in [3.05, 3.63) is 30.3 Å². The zero-order chi connectivity index (χ0) is 10.6. The Morgan fingerprint density at radius 3 is 2.36 bits per heavy atom. The van der Waals surface area contributed by atoms with E-state index in [0.717, 1.165) is 5.30 Å². The molecule has 0 radical (unpaired) electrons. The first-order chi connectivity index (χ1) is 6.58. The van der Waals surface area contributed by atoms with Crippen LogP contribution in [0.3, 0.4) is 0 Å². The van der Waals surface area contributed by atoms with Gasteiger partial charge in [0.25, 0.3) is 0 Å². The van der Waals surface area contributed by atoms with Crippen LogP contribution < -0.4 is 5.30 Å². The average Bonchev–Trinajstić information content (AvgIpc) is 2.18. The van der Waals surface area contributed by atoms with Crippen LogP contribution in [-0.2, 0) is 9.09 Å². The lowest BCUT2D eigenvalue weighted by Crippen LogP contribution is -2.11. The van der Waals surface area contributed by atoms with Gasteiger partial charge in [-0.1, -0.05) is 34.1 Å². The Kier molecular flexibility index (Phi) is 4.36. The fourth-order valence-electron chi connectivity index (χ4n) is 1.15. The first kappa shape index (κ1) is 12.0. The van der Waals surface area contributed by atoms with E-state index in [-0.39, 0.29) is 6.10 Å². The van der Waals surface area contributed by atoms with Gasteiger partial charge in [0.15, 0.2) is 0 Å². The van der Waals surface area contributed by atoms with Crippen LogP contribution in [0.4, 0.5) is 0 Å². The summed E-state index contributed by atoms with van der Waals surface area (Å²) >= 11 is 3.25. The maximum atomic E-state index is 12.3. The Labute approximate surface area is 93.2 Å². The van der Waals surface area contributed by atoms with Crippen LogP contribution in [-0.4, -0.2) is 11.2 Å². The summed E-state index contributed by atoms with van der Waals surface area (Å²) in [5.74, 6) is 0. The van der Waals surface area contributed by atoms with Crippen molar-refractivity contribution in [1.82, 2.24) is 0 Å². The molecule has 0 aromatic heterocycles. The molecule has 1 rings (SSSR count). The highest BCUT2D eigenvalue weighted by Crippen LogP contribution is 2.48. The molecule has 0 aliphatic carbocycles. The lowest BCUT2D eigenvalue weighted by molar-refractivity contribution is 0.251. The number of halogens is 1. The van der Waals surface area contributed by atoms with Gasteiger partial charge in [-0.3, -0.25) is 4.57 Å². The van der Waals surface area contributed by atoms with Crippen LogP contribution >= 0.6 is 23.3 Å². The SMILES string of the molecule is CC(C)OP(=O)(CBr)c1ccccc1. The van der Waals surface area contributed by atoms with E-state index in [2.05, 4.69) is 15.9 Å². The monoisotopic (exact) mass is 276 g/mol. The number of benzene rings is 1. The standard InChI is InChI=1S/C10H14BrO2P/c1-9(2)13-14(12,8-11)10-6-4-3-5-7-10/h3-7,9H,8H2,1-2H3. The van der Waals surface area contributed by atoms with Gasteiger partial charge in [-0.25, -0.2) is 0 Å². The quantitative estimate of drug-likeness (QED) is 0.623. The molecule has 1 aromatic carbocycles. The number of hydrogen-bond acceptors (Lipinski definition) is 2. The molecule has 4 heteroatoms. The van der Waals surface area contributed by atoms with Gasteiger partial charge in [0.1, 0.15) is 0 Å². The molecule has 2 nitrogen and oxygen atoms in total. The van der Waals surface area contributed by atoms with E-state index in [1.54, 1.807) is 0 Å². The molecular weight excluding hydrogens is 263 g/mol. The van der Waals surface area contributed by atoms with Gasteiger partial charge in [0, 0.05) is 5.30 Å². The molecule has 1 atom stereocenters. The van der Waals surface area contributed by atoms with Gasteiger partial charge in [0.05, 0.1) is 11.2 Å². The highest BCUT2D eigenvalue weighted by Gasteiger charge is 2.25. The van der Waals surface area contributed by atoms with E-state index in [9.17, 15) is 4.57 Å². The fourth-order valence-corrected chi connectivity index (χ4v) is 4.00. The summed E-state index contributed by atoms with van der Waals surface area (Å²) in [6.45, 7) is 3.77. The predicted molar refractivity (Wildman–Crippen MR) is 63.7 cm³/mol. The Hall–Kier alpha value is -0.110. The van der Waals surface area contributed by atoms with Crippen molar-refractivity contribution in [2.75, 3.05) is 5.07 Å². The number of hydrogen-bond donors (Lipinski definition) is 0. The van der Waals surface area contributed by atoms with Crippen molar-refractivity contribution in [2.45, 2.75) is 20.0 Å². The molecule has 1 aromatic rings. The average molecular weight is 277 g/mol. The third kappa shape index (κ3) is 2.94. The molecule has 0 aliphatic heterocycles. The van der Waals surface area contributed by atoms with Crippen molar-refractivity contribution in [2.24, 2.45) is 0 Å². The molecule has 0 aliphatic rings. The van der Waals surface area contributed by atoms with E-state index < -0.39 is 7.37 Å². The van der Waals surface area contributed by atoms with Crippen molar-refractivity contribution in [3.63, 3.8) is 0 Å². The molecule has 0 amide bonds. The maximum Gasteiger partial charge on any atom is 0.242 e. The molecule has 0 bridgehead atoms. The normalized spacial score (nSPS) is 15.4. The van der Waals surface area contributed by atoms with Gasteiger partial charge in [-0.05, 0) is 26.0 Å². The summed E-state index contributed by atoms with van der Waals surface area (Å²) in [7, 11) is -2.69. The third-order valence-electron chi connectivity index (χ3n) is 1.69.